The Kier molecular flexibility index (Phi) is 7.83. The molecule has 0 saturated heterocycles. The first-order chi connectivity index (χ1) is 16.2. The van der Waals surface area contributed by atoms with Crippen molar-refractivity contribution < 1.29 is 23.8 Å². The maximum Gasteiger partial charge on any atom is 0.514 e. The van der Waals surface area contributed by atoms with Gasteiger partial charge in [-0.1, -0.05) is 38.1 Å². The second-order valence-corrected chi connectivity index (χ2v) is 7.87. The van der Waals surface area contributed by atoms with Crippen molar-refractivity contribution in [2.75, 3.05) is 13.7 Å². The highest BCUT2D eigenvalue weighted by molar-refractivity contribution is 5.96. The number of aromatic nitrogens is 4. The van der Waals surface area contributed by atoms with Gasteiger partial charge in [0.25, 0.3) is 5.91 Å². The first kappa shape index (κ1) is 24.7. The number of rotatable bonds is 8. The van der Waals surface area contributed by atoms with E-state index in [-0.39, 0.29) is 23.8 Å². The van der Waals surface area contributed by atoms with Gasteiger partial charge < -0.3 is 19.5 Å². The molecule has 0 radical (unpaired) electrons. The molecule has 1 N–H and O–H groups in total. The highest BCUT2D eigenvalue weighted by atomic mass is 16.7. The Hall–Kier alpha value is -3.95. The Morgan fingerprint density at radius 1 is 1.12 bits per heavy atom. The molecule has 0 aliphatic heterocycles. The number of nitrogens with one attached hydrogen (secondary N) is 1. The molecule has 2 heterocycles. The molecular formula is C24H29N5O5. The predicted octanol–water partition coefficient (Wildman–Crippen LogP) is 4.04. The first-order valence-electron chi connectivity index (χ1n) is 10.9. The van der Waals surface area contributed by atoms with Crippen molar-refractivity contribution in [3.05, 3.63) is 53.6 Å². The van der Waals surface area contributed by atoms with Gasteiger partial charge in [-0.2, -0.15) is 5.10 Å². The van der Waals surface area contributed by atoms with Crippen LogP contribution in [0.25, 0.3) is 11.4 Å². The number of amides is 1. The third-order valence-corrected chi connectivity index (χ3v) is 5.12. The number of nitrogens with zero attached hydrogens (tertiary/aromatic N) is 4. The lowest BCUT2D eigenvalue weighted by atomic mass is 10.0. The van der Waals surface area contributed by atoms with Crippen LogP contribution in [-0.2, 0) is 11.8 Å². The smallest absolute Gasteiger partial charge is 0.493 e. The zero-order chi connectivity index (χ0) is 24.8. The number of carbonyl (C=O) groups excluding carboxylic acids is 2. The summed E-state index contributed by atoms with van der Waals surface area (Å²) in [4.78, 5) is 33.6. The largest absolute Gasteiger partial charge is 0.514 e. The van der Waals surface area contributed by atoms with Crippen LogP contribution >= 0.6 is 0 Å². The fourth-order valence-corrected chi connectivity index (χ4v) is 3.32. The Labute approximate surface area is 198 Å². The number of benzene rings is 1. The van der Waals surface area contributed by atoms with Gasteiger partial charge in [0.05, 0.1) is 19.8 Å². The lowest BCUT2D eigenvalue weighted by Crippen LogP contribution is -2.30. The number of methoxy groups -OCH3 is 1. The van der Waals surface area contributed by atoms with E-state index in [1.165, 1.54) is 24.9 Å². The van der Waals surface area contributed by atoms with Crippen molar-refractivity contribution in [2.24, 2.45) is 7.05 Å². The molecule has 34 heavy (non-hydrogen) atoms. The molecular weight excluding hydrogens is 438 g/mol. The van der Waals surface area contributed by atoms with E-state index in [1.807, 2.05) is 12.1 Å². The van der Waals surface area contributed by atoms with E-state index in [4.69, 9.17) is 14.2 Å². The molecule has 0 spiro atoms. The van der Waals surface area contributed by atoms with Crippen LogP contribution in [-0.4, -0.2) is 45.5 Å². The zero-order valence-electron chi connectivity index (χ0n) is 20.2. The van der Waals surface area contributed by atoms with E-state index >= 15 is 0 Å². The van der Waals surface area contributed by atoms with Gasteiger partial charge in [-0.15, -0.1) is 0 Å². The van der Waals surface area contributed by atoms with Crippen LogP contribution in [0.4, 0.5) is 4.79 Å². The highest BCUT2D eigenvalue weighted by Crippen LogP contribution is 2.30. The van der Waals surface area contributed by atoms with Crippen molar-refractivity contribution in [3.8, 4) is 22.9 Å². The van der Waals surface area contributed by atoms with Crippen molar-refractivity contribution >= 4 is 12.1 Å². The van der Waals surface area contributed by atoms with Crippen LogP contribution in [0, 0.1) is 0 Å². The van der Waals surface area contributed by atoms with Crippen LogP contribution in [0.15, 0.2) is 36.5 Å². The third-order valence-electron chi connectivity index (χ3n) is 5.12. The summed E-state index contributed by atoms with van der Waals surface area (Å²) in [5.74, 6) is 1.01. The van der Waals surface area contributed by atoms with Gasteiger partial charge in [0.15, 0.2) is 17.3 Å². The van der Waals surface area contributed by atoms with Gasteiger partial charge in [0, 0.05) is 24.9 Å². The molecule has 180 valence electrons. The van der Waals surface area contributed by atoms with E-state index in [0.717, 1.165) is 5.56 Å². The van der Waals surface area contributed by atoms with Crippen LogP contribution in [0.1, 0.15) is 61.5 Å². The minimum atomic E-state index is -0.961. The Morgan fingerprint density at radius 3 is 2.44 bits per heavy atom. The monoisotopic (exact) mass is 467 g/mol. The van der Waals surface area contributed by atoms with Crippen LogP contribution in [0.3, 0.4) is 0 Å². The topological polar surface area (TPSA) is 117 Å². The number of aryl methyl sites for hydroxylation is 1. The molecule has 3 rings (SSSR count). The van der Waals surface area contributed by atoms with E-state index < -0.39 is 18.1 Å². The summed E-state index contributed by atoms with van der Waals surface area (Å²) >= 11 is 0. The molecule has 0 aliphatic carbocycles. The number of pyridine rings is 1. The van der Waals surface area contributed by atoms with E-state index in [0.29, 0.717) is 17.6 Å². The van der Waals surface area contributed by atoms with Crippen molar-refractivity contribution in [2.45, 2.75) is 39.7 Å². The highest BCUT2D eigenvalue weighted by Gasteiger charge is 2.25. The summed E-state index contributed by atoms with van der Waals surface area (Å²) < 4.78 is 16.8. The molecule has 1 aromatic carbocycles. The SMILES string of the molecule is CCOC(=O)Oc1c(OC)ccnc1C(=O)N[C@@H](C)c1nc(-c2ccc(C(C)C)cc2)nn1C. The average Bonchev–Trinajstić information content (AvgIpc) is 3.21. The van der Waals surface area contributed by atoms with Gasteiger partial charge >= 0.3 is 6.16 Å². The van der Waals surface area contributed by atoms with Gasteiger partial charge in [0.1, 0.15) is 5.82 Å². The fraction of sp³-hybridized carbons (Fsp3) is 0.375. The van der Waals surface area contributed by atoms with E-state index in [1.54, 1.807) is 25.6 Å². The zero-order valence-corrected chi connectivity index (χ0v) is 20.2. The van der Waals surface area contributed by atoms with Gasteiger partial charge in [0.2, 0.25) is 5.75 Å². The van der Waals surface area contributed by atoms with Crippen molar-refractivity contribution in [1.29, 1.82) is 0 Å². The molecule has 10 nitrogen and oxygen atoms in total. The lowest BCUT2D eigenvalue weighted by Gasteiger charge is -2.15. The summed E-state index contributed by atoms with van der Waals surface area (Å²) in [5, 5.41) is 7.32. The normalized spacial score (nSPS) is 11.7. The minimum Gasteiger partial charge on any atom is -0.493 e. The van der Waals surface area contributed by atoms with Crippen LogP contribution in [0.2, 0.25) is 0 Å². The molecule has 0 fully saturated rings. The van der Waals surface area contributed by atoms with Crippen molar-refractivity contribution in [1.82, 2.24) is 25.1 Å². The summed E-state index contributed by atoms with van der Waals surface area (Å²) in [7, 11) is 3.16. The quantitative estimate of drug-likeness (QED) is 0.493. The summed E-state index contributed by atoms with van der Waals surface area (Å²) in [6.45, 7) is 7.81. The average molecular weight is 468 g/mol. The molecule has 10 heteroatoms. The second-order valence-electron chi connectivity index (χ2n) is 7.87. The van der Waals surface area contributed by atoms with Crippen LogP contribution in [0.5, 0.6) is 11.5 Å². The molecule has 3 aromatic rings. The minimum absolute atomic E-state index is 0.120. The fourth-order valence-electron chi connectivity index (χ4n) is 3.32. The molecule has 0 aliphatic rings. The van der Waals surface area contributed by atoms with E-state index in [2.05, 4.69) is 46.4 Å². The number of hydrogen-bond acceptors (Lipinski definition) is 8. The number of carbonyl (C=O) groups is 2. The van der Waals surface area contributed by atoms with Gasteiger partial charge in [-0.3, -0.25) is 9.48 Å². The maximum atomic E-state index is 13.0. The first-order valence-corrected chi connectivity index (χ1v) is 10.9. The Morgan fingerprint density at radius 2 is 1.82 bits per heavy atom. The second kappa shape index (κ2) is 10.8. The number of ether oxygens (including phenoxy) is 3. The molecule has 1 amide bonds. The Bertz CT molecular complexity index is 1160. The lowest BCUT2D eigenvalue weighted by molar-refractivity contribution is 0.0914. The van der Waals surface area contributed by atoms with Gasteiger partial charge in [-0.25, -0.2) is 14.8 Å². The third kappa shape index (κ3) is 5.51. The molecule has 0 saturated carbocycles. The predicted molar refractivity (Wildman–Crippen MR) is 125 cm³/mol. The molecule has 2 aromatic heterocycles. The Balaban J connectivity index is 1.82. The van der Waals surface area contributed by atoms with E-state index in [9.17, 15) is 9.59 Å². The van der Waals surface area contributed by atoms with Crippen molar-refractivity contribution in [3.63, 3.8) is 0 Å². The maximum absolute atomic E-state index is 13.0. The number of hydrogen-bond donors (Lipinski definition) is 1. The van der Waals surface area contributed by atoms with Gasteiger partial charge in [-0.05, 0) is 25.3 Å². The summed E-state index contributed by atoms with van der Waals surface area (Å²) in [5.41, 5.74) is 1.99. The molecule has 0 bridgehead atoms. The molecule has 1 atom stereocenters. The summed E-state index contributed by atoms with van der Waals surface area (Å²) in [6, 6.07) is 9.04. The molecule has 0 unspecified atom stereocenters. The standard InChI is InChI=1S/C24H29N5O5/c1-7-33-24(31)34-20-18(32-6)12-13-25-19(20)23(30)26-15(4)22-27-21(28-29(22)5)17-10-8-16(9-11-17)14(2)3/h8-15H,7H2,1-6H3,(H,26,30)/t15-/m0/s1. The van der Waals surface area contributed by atoms with Crippen LogP contribution < -0.4 is 14.8 Å². The summed E-state index contributed by atoms with van der Waals surface area (Å²) in [6.07, 6.45) is 0.426.